The summed E-state index contributed by atoms with van der Waals surface area (Å²) in [5.74, 6) is 0. The number of benzene rings is 1. The van der Waals surface area contributed by atoms with E-state index in [1.54, 1.807) is 11.0 Å². The number of ether oxygens (including phenoxy) is 1. The fourth-order valence-corrected chi connectivity index (χ4v) is 4.10. The van der Waals surface area contributed by atoms with Gasteiger partial charge in [0.1, 0.15) is 0 Å². The number of carbonyl (C=O) groups is 1. The number of aliphatic hydroxyl groups is 1. The van der Waals surface area contributed by atoms with Crippen molar-refractivity contribution >= 4 is 11.8 Å². The maximum atomic E-state index is 13.5. The molecule has 0 spiro atoms. The average molecular weight is 483 g/mol. The molecule has 1 amide bonds. The molecule has 2 aliphatic rings. The highest BCUT2D eigenvalue weighted by atomic mass is 19.4. The highest BCUT2D eigenvalue weighted by molar-refractivity contribution is 5.68. The van der Waals surface area contributed by atoms with Crippen LogP contribution in [0.15, 0.2) is 18.2 Å². The Morgan fingerprint density at radius 3 is 2.33 bits per heavy atom. The number of halogens is 6. The van der Waals surface area contributed by atoms with Crippen LogP contribution < -0.4 is 4.90 Å². The third-order valence-corrected chi connectivity index (χ3v) is 6.00. The van der Waals surface area contributed by atoms with Crippen LogP contribution in [0.1, 0.15) is 30.9 Å². The summed E-state index contributed by atoms with van der Waals surface area (Å²) in [5, 5.41) is 9.55. The second kappa shape index (κ2) is 9.96. The molecule has 0 aromatic heterocycles. The molecule has 3 rings (SSSR count). The number of nitrogens with zero attached hydrogens (tertiary/aromatic N) is 3. The van der Waals surface area contributed by atoms with Crippen molar-refractivity contribution in [3.8, 4) is 0 Å². The summed E-state index contributed by atoms with van der Waals surface area (Å²) in [5.41, 5.74) is 0.0619. The number of carbonyl (C=O) groups excluding carboxylic acids is 1. The Kier molecular flexibility index (Phi) is 7.67. The van der Waals surface area contributed by atoms with Crippen molar-refractivity contribution in [3.63, 3.8) is 0 Å². The highest BCUT2D eigenvalue weighted by Gasteiger charge is 2.40. The fourth-order valence-electron chi connectivity index (χ4n) is 4.10. The zero-order valence-electron chi connectivity index (χ0n) is 18.1. The molecule has 1 aromatic rings. The summed E-state index contributed by atoms with van der Waals surface area (Å²) in [4.78, 5) is 16.7. The van der Waals surface area contributed by atoms with E-state index >= 15 is 0 Å². The normalized spacial score (nSPS) is 21.4. The molecule has 186 valence electrons. The molecule has 2 fully saturated rings. The van der Waals surface area contributed by atoms with Crippen molar-refractivity contribution in [1.29, 1.82) is 0 Å². The van der Waals surface area contributed by atoms with E-state index in [-0.39, 0.29) is 45.4 Å². The maximum Gasteiger partial charge on any atom is 0.425 e. The van der Waals surface area contributed by atoms with Crippen LogP contribution in [-0.4, -0.2) is 78.7 Å². The Morgan fingerprint density at radius 2 is 1.76 bits per heavy atom. The monoisotopic (exact) mass is 483 g/mol. The Bertz CT molecular complexity index is 824. The molecular formula is C21H27F6N3O3. The zero-order chi connectivity index (χ0) is 24.4. The minimum absolute atomic E-state index is 0.105. The predicted octanol–water partition coefficient (Wildman–Crippen LogP) is 3.87. The molecule has 6 nitrogen and oxygen atoms in total. The van der Waals surface area contributed by atoms with Crippen molar-refractivity contribution in [3.05, 3.63) is 29.3 Å². The Labute approximate surface area is 187 Å². The van der Waals surface area contributed by atoms with E-state index in [1.165, 1.54) is 0 Å². The molecule has 12 heteroatoms. The van der Waals surface area contributed by atoms with Gasteiger partial charge in [0.25, 0.3) is 0 Å². The lowest BCUT2D eigenvalue weighted by molar-refractivity contribution is -0.200. The van der Waals surface area contributed by atoms with E-state index in [0.29, 0.717) is 24.2 Å². The number of hydrogen-bond donors (Lipinski definition) is 1. The largest absolute Gasteiger partial charge is 0.437 e. The lowest BCUT2D eigenvalue weighted by Gasteiger charge is -2.35. The minimum atomic E-state index is -4.65. The lowest BCUT2D eigenvalue weighted by atomic mass is 10.1. The van der Waals surface area contributed by atoms with Crippen LogP contribution in [0.3, 0.4) is 0 Å². The molecule has 33 heavy (non-hydrogen) atoms. The quantitative estimate of drug-likeness (QED) is 0.645. The van der Waals surface area contributed by atoms with E-state index in [2.05, 4.69) is 4.74 Å². The number of rotatable bonds is 5. The van der Waals surface area contributed by atoms with E-state index in [0.717, 1.165) is 30.4 Å². The van der Waals surface area contributed by atoms with Gasteiger partial charge in [0.2, 0.25) is 0 Å². The van der Waals surface area contributed by atoms with Gasteiger partial charge in [0.05, 0.1) is 18.2 Å². The van der Waals surface area contributed by atoms with Crippen LogP contribution >= 0.6 is 0 Å². The summed E-state index contributed by atoms with van der Waals surface area (Å²) in [6.07, 6.45) is -11.0. The van der Waals surface area contributed by atoms with Crippen molar-refractivity contribution in [1.82, 2.24) is 9.80 Å². The zero-order valence-corrected chi connectivity index (χ0v) is 18.1. The average Bonchev–Trinajstić information content (AvgIpc) is 3.21. The van der Waals surface area contributed by atoms with Crippen LogP contribution in [0.2, 0.25) is 0 Å². The van der Waals surface area contributed by atoms with Gasteiger partial charge in [-0.2, -0.15) is 26.3 Å². The number of aliphatic hydroxyl groups excluding tert-OH is 1. The first-order valence-electron chi connectivity index (χ1n) is 10.7. The van der Waals surface area contributed by atoms with Gasteiger partial charge in [0.15, 0.2) is 6.10 Å². The molecule has 2 atom stereocenters. The van der Waals surface area contributed by atoms with Gasteiger partial charge in [-0.15, -0.1) is 0 Å². The van der Waals surface area contributed by atoms with Crippen molar-refractivity contribution < 1.29 is 41.0 Å². The Hall–Kier alpha value is -2.21. The number of piperazine rings is 1. The molecule has 2 heterocycles. The first kappa shape index (κ1) is 25.4. The van der Waals surface area contributed by atoms with Gasteiger partial charge < -0.3 is 19.6 Å². The Balaban J connectivity index is 1.66. The summed E-state index contributed by atoms with van der Waals surface area (Å²) < 4.78 is 82.7. The number of alkyl halides is 6. The first-order valence-corrected chi connectivity index (χ1v) is 10.7. The molecular weight excluding hydrogens is 456 g/mol. The molecule has 0 bridgehead atoms. The van der Waals surface area contributed by atoms with Gasteiger partial charge in [0, 0.05) is 45.0 Å². The van der Waals surface area contributed by atoms with Gasteiger partial charge in [-0.3, -0.25) is 4.90 Å². The van der Waals surface area contributed by atoms with Crippen LogP contribution in [-0.2, 0) is 17.5 Å². The van der Waals surface area contributed by atoms with Crippen LogP contribution in [0.25, 0.3) is 0 Å². The van der Waals surface area contributed by atoms with Crippen molar-refractivity contribution in [2.24, 2.45) is 0 Å². The van der Waals surface area contributed by atoms with E-state index in [4.69, 9.17) is 0 Å². The van der Waals surface area contributed by atoms with E-state index < -0.39 is 30.1 Å². The van der Waals surface area contributed by atoms with Gasteiger partial charge in [-0.25, -0.2) is 4.79 Å². The third-order valence-electron chi connectivity index (χ3n) is 6.00. The van der Waals surface area contributed by atoms with E-state index in [1.807, 2.05) is 4.90 Å². The van der Waals surface area contributed by atoms with Gasteiger partial charge >= 0.3 is 18.4 Å². The van der Waals surface area contributed by atoms with E-state index in [9.17, 15) is 36.2 Å². The highest BCUT2D eigenvalue weighted by Crippen LogP contribution is 2.35. The smallest absolute Gasteiger partial charge is 0.425 e. The second-order valence-electron chi connectivity index (χ2n) is 8.39. The standard InChI is InChI=1S/C21H27F6N3O3/c1-14(20(22,23)24)33-19(32)29-7-5-28(6-8-29)12-15-9-16(21(25,26)27)11-18(10-15)30-4-2-3-17(30)13-31/h9-11,14,17,31H,2-8,12-13H2,1H3. The molecule has 2 unspecified atom stereocenters. The maximum absolute atomic E-state index is 13.5. The Morgan fingerprint density at radius 1 is 1.09 bits per heavy atom. The molecule has 0 saturated carbocycles. The summed E-state index contributed by atoms with van der Waals surface area (Å²) >= 11 is 0. The van der Waals surface area contributed by atoms with Crippen LogP contribution in [0, 0.1) is 0 Å². The number of anilines is 1. The molecule has 1 N–H and O–H groups in total. The minimum Gasteiger partial charge on any atom is -0.437 e. The SMILES string of the molecule is CC(OC(=O)N1CCN(Cc2cc(N3CCCC3CO)cc(C(F)(F)F)c2)CC1)C(F)(F)F. The van der Waals surface area contributed by atoms with Gasteiger partial charge in [-0.05, 0) is 43.5 Å². The molecule has 0 radical (unpaired) electrons. The summed E-state index contributed by atoms with van der Waals surface area (Å²) in [6.45, 7) is 2.13. The molecule has 2 saturated heterocycles. The predicted molar refractivity (Wildman–Crippen MR) is 108 cm³/mol. The molecule has 1 aromatic carbocycles. The van der Waals surface area contributed by atoms with Crippen molar-refractivity contribution in [2.75, 3.05) is 44.2 Å². The third kappa shape index (κ3) is 6.44. The van der Waals surface area contributed by atoms with Gasteiger partial charge in [-0.1, -0.05) is 0 Å². The number of amides is 1. The number of hydrogen-bond acceptors (Lipinski definition) is 5. The molecule has 0 aliphatic carbocycles. The van der Waals surface area contributed by atoms with Crippen LogP contribution in [0.4, 0.5) is 36.8 Å². The molecule has 2 aliphatic heterocycles. The van der Waals surface area contributed by atoms with Crippen LogP contribution in [0.5, 0.6) is 0 Å². The van der Waals surface area contributed by atoms with Crippen molar-refractivity contribution in [2.45, 2.75) is 50.8 Å². The first-order chi connectivity index (χ1) is 15.4. The lowest BCUT2D eigenvalue weighted by Crippen LogP contribution is -2.49. The fraction of sp³-hybridized carbons (Fsp3) is 0.667. The second-order valence-corrected chi connectivity index (χ2v) is 8.39. The summed E-state index contributed by atoms with van der Waals surface area (Å²) in [7, 11) is 0. The topological polar surface area (TPSA) is 56.2 Å². The summed E-state index contributed by atoms with van der Waals surface area (Å²) in [6, 6.07) is 3.62.